The van der Waals surface area contributed by atoms with Gasteiger partial charge in [-0.25, -0.2) is 14.8 Å². The van der Waals surface area contributed by atoms with Gasteiger partial charge in [0.2, 0.25) is 0 Å². The number of nitrogens with one attached hydrogen (secondary N) is 2. The van der Waals surface area contributed by atoms with Crippen molar-refractivity contribution in [1.29, 1.82) is 0 Å². The topological polar surface area (TPSA) is 109 Å². The van der Waals surface area contributed by atoms with Crippen LogP contribution < -0.4 is 15.5 Å². The number of methoxy groups -OCH3 is 1. The van der Waals surface area contributed by atoms with E-state index < -0.39 is 11.2 Å². The predicted molar refractivity (Wildman–Crippen MR) is 138 cm³/mol. The summed E-state index contributed by atoms with van der Waals surface area (Å²) in [5, 5.41) is 5.52. The number of benzene rings is 2. The second-order valence-corrected chi connectivity index (χ2v) is 9.40. The van der Waals surface area contributed by atoms with Gasteiger partial charge in [0.25, 0.3) is 0 Å². The molecule has 0 spiro atoms. The molecule has 4 rings (SSSR count). The highest BCUT2D eigenvalue weighted by Gasteiger charge is 2.23. The molecule has 1 unspecified atom stereocenters. The molecule has 1 aromatic heterocycles. The predicted octanol–water partition coefficient (Wildman–Crippen LogP) is 3.40. The summed E-state index contributed by atoms with van der Waals surface area (Å²) in [5.74, 6) is 1.79. The van der Waals surface area contributed by atoms with Crippen LogP contribution in [-0.4, -0.2) is 67.1 Å². The summed E-state index contributed by atoms with van der Waals surface area (Å²) in [6, 6.07) is 18.7. The number of urea groups is 1. The number of aromatic nitrogens is 2. The molecule has 1 aliphatic rings. The maximum atomic E-state index is 12.0. The number of carbonyl (C=O) groups excluding carboxylic acids is 1. The van der Waals surface area contributed by atoms with Crippen LogP contribution in [0.5, 0.6) is 0 Å². The average molecular weight is 497 g/mol. The summed E-state index contributed by atoms with van der Waals surface area (Å²) in [7, 11) is 1.59. The van der Waals surface area contributed by atoms with Crippen molar-refractivity contribution >= 4 is 28.7 Å². The minimum absolute atomic E-state index is 0.293. The monoisotopic (exact) mass is 496 g/mol. The van der Waals surface area contributed by atoms with E-state index in [1.54, 1.807) is 7.11 Å². The van der Waals surface area contributed by atoms with Gasteiger partial charge in [-0.15, -0.1) is 0 Å². The lowest BCUT2D eigenvalue weighted by atomic mass is 10.2. The van der Waals surface area contributed by atoms with Crippen LogP contribution in [0.2, 0.25) is 0 Å². The van der Waals surface area contributed by atoms with Gasteiger partial charge in [-0.2, -0.15) is 4.55 Å². The van der Waals surface area contributed by atoms with E-state index in [0.717, 1.165) is 35.1 Å². The molecule has 1 saturated heterocycles. The number of anilines is 2. The summed E-state index contributed by atoms with van der Waals surface area (Å²) >= 11 is -0.973. The Morgan fingerprint density at radius 2 is 1.86 bits per heavy atom. The maximum Gasteiger partial charge on any atom is 0.319 e. The molecular formula is C25H30N5O4S+. The molecule has 1 fully saturated rings. The number of hydrogen-bond donors (Lipinski definition) is 3. The number of amides is 2. The van der Waals surface area contributed by atoms with Gasteiger partial charge in [0.15, 0.2) is 27.6 Å². The van der Waals surface area contributed by atoms with Gasteiger partial charge in [-0.1, -0.05) is 18.2 Å². The van der Waals surface area contributed by atoms with Crippen molar-refractivity contribution in [3.8, 4) is 11.4 Å². The Morgan fingerprint density at radius 1 is 1.11 bits per heavy atom. The molecule has 10 heteroatoms. The van der Waals surface area contributed by atoms with Gasteiger partial charge >= 0.3 is 6.03 Å². The number of rotatable bonds is 9. The molecular weight excluding hydrogens is 466 g/mol. The highest BCUT2D eigenvalue weighted by molar-refractivity contribution is 7.90. The number of hydrogen-bond acceptors (Lipinski definition) is 7. The summed E-state index contributed by atoms with van der Waals surface area (Å²) in [4.78, 5) is 24.6. The van der Waals surface area contributed by atoms with E-state index in [0.29, 0.717) is 43.6 Å². The van der Waals surface area contributed by atoms with Crippen molar-refractivity contribution in [3.05, 3.63) is 66.4 Å². The summed E-state index contributed by atoms with van der Waals surface area (Å²) in [5.41, 5.74) is 2.25. The first kappa shape index (κ1) is 24.9. The second kappa shape index (κ2) is 12.5. The zero-order valence-corrected chi connectivity index (χ0v) is 20.5. The Kier molecular flexibility index (Phi) is 8.90. The van der Waals surface area contributed by atoms with Crippen molar-refractivity contribution in [3.63, 3.8) is 0 Å². The van der Waals surface area contributed by atoms with Gasteiger partial charge in [-0.05, 0) is 36.4 Å². The van der Waals surface area contributed by atoms with E-state index in [1.807, 2.05) is 60.7 Å². The van der Waals surface area contributed by atoms with Crippen LogP contribution >= 0.6 is 0 Å². The fourth-order valence-electron chi connectivity index (χ4n) is 3.59. The minimum atomic E-state index is -0.973. The second-order valence-electron chi connectivity index (χ2n) is 7.91. The SMILES string of the molecule is COCCNC(=O)Nc1ccc(-c2nc(C[S+](O)c3ccccc3)cc(N3CCOCC3)n2)cc1. The van der Waals surface area contributed by atoms with Crippen LogP contribution in [0, 0.1) is 0 Å². The van der Waals surface area contributed by atoms with Crippen molar-refractivity contribution in [1.82, 2.24) is 15.3 Å². The van der Waals surface area contributed by atoms with Crippen molar-refractivity contribution in [2.75, 3.05) is 56.8 Å². The average Bonchev–Trinajstić information content (AvgIpc) is 2.90. The van der Waals surface area contributed by atoms with Gasteiger partial charge in [0.05, 0.1) is 25.5 Å². The van der Waals surface area contributed by atoms with Gasteiger partial charge < -0.3 is 25.0 Å². The molecule has 0 bridgehead atoms. The number of morpholine rings is 1. The zero-order chi connectivity index (χ0) is 24.5. The van der Waals surface area contributed by atoms with E-state index >= 15 is 0 Å². The normalized spacial score (nSPS) is 14.4. The molecule has 3 aromatic rings. The molecule has 3 N–H and O–H groups in total. The molecule has 0 radical (unpaired) electrons. The van der Waals surface area contributed by atoms with Gasteiger partial charge in [0.1, 0.15) is 5.82 Å². The highest BCUT2D eigenvalue weighted by Crippen LogP contribution is 2.25. The lowest BCUT2D eigenvalue weighted by molar-refractivity contribution is 0.122. The molecule has 9 nitrogen and oxygen atoms in total. The first-order valence-corrected chi connectivity index (χ1v) is 12.8. The fourth-order valence-corrected chi connectivity index (χ4v) is 4.65. The molecule has 2 aromatic carbocycles. The van der Waals surface area contributed by atoms with E-state index in [9.17, 15) is 9.35 Å². The van der Waals surface area contributed by atoms with Gasteiger partial charge in [0, 0.05) is 44.1 Å². The molecule has 1 atom stereocenters. The smallest absolute Gasteiger partial charge is 0.319 e. The third-order valence-electron chi connectivity index (χ3n) is 5.39. The van der Waals surface area contributed by atoms with E-state index in [2.05, 4.69) is 15.5 Å². The molecule has 35 heavy (non-hydrogen) atoms. The summed E-state index contributed by atoms with van der Waals surface area (Å²) in [6.45, 7) is 3.68. The third kappa shape index (κ3) is 7.15. The van der Waals surface area contributed by atoms with Crippen molar-refractivity contribution in [2.24, 2.45) is 0 Å². The summed E-state index contributed by atoms with van der Waals surface area (Å²) in [6.07, 6.45) is 0. The lowest BCUT2D eigenvalue weighted by Crippen LogP contribution is -2.37. The fraction of sp³-hybridized carbons (Fsp3) is 0.320. The Hall–Kier alpha value is -3.18. The molecule has 184 valence electrons. The molecule has 2 amide bonds. The lowest BCUT2D eigenvalue weighted by Gasteiger charge is -2.28. The summed E-state index contributed by atoms with van der Waals surface area (Å²) < 4.78 is 21.2. The Morgan fingerprint density at radius 3 is 2.57 bits per heavy atom. The standard InChI is InChI=1S/C25H29N5O4S/c1-33-14-11-26-25(31)28-20-9-7-19(8-10-20)24-27-21(18-35(32)22-5-3-2-4-6-22)17-23(29-24)30-12-15-34-16-13-30/h2-10,17,32H,11-16,18H2,1H3,(H-,26,27,28,29,31)/p+1. The molecule has 2 heterocycles. The van der Waals surface area contributed by atoms with Crippen LogP contribution in [-0.2, 0) is 26.4 Å². The number of ether oxygens (including phenoxy) is 2. The van der Waals surface area contributed by atoms with Crippen LogP contribution in [0.15, 0.2) is 65.6 Å². The Labute approximate surface area is 208 Å². The maximum absolute atomic E-state index is 12.0. The number of nitrogens with zero attached hydrogens (tertiary/aromatic N) is 3. The number of carbonyl (C=O) groups is 1. The largest absolute Gasteiger partial charge is 0.383 e. The van der Waals surface area contributed by atoms with Crippen LogP contribution in [0.3, 0.4) is 0 Å². The third-order valence-corrected chi connectivity index (χ3v) is 6.78. The van der Waals surface area contributed by atoms with Crippen LogP contribution in [0.25, 0.3) is 11.4 Å². The zero-order valence-electron chi connectivity index (χ0n) is 19.6. The first-order chi connectivity index (χ1) is 17.1. The quantitative estimate of drug-likeness (QED) is 0.308. The highest BCUT2D eigenvalue weighted by atomic mass is 32.2. The van der Waals surface area contributed by atoms with Crippen molar-refractivity contribution in [2.45, 2.75) is 10.6 Å². The molecule has 0 aliphatic carbocycles. The molecule has 0 saturated carbocycles. The minimum Gasteiger partial charge on any atom is -0.383 e. The Balaban J connectivity index is 1.54. The van der Waals surface area contributed by atoms with Crippen LogP contribution in [0.4, 0.5) is 16.3 Å². The Bertz CT molecular complexity index is 1090. The van der Waals surface area contributed by atoms with E-state index in [-0.39, 0.29) is 6.03 Å². The molecule has 1 aliphatic heterocycles. The van der Waals surface area contributed by atoms with E-state index in [4.69, 9.17) is 19.4 Å². The van der Waals surface area contributed by atoms with E-state index in [1.165, 1.54) is 0 Å². The van der Waals surface area contributed by atoms with Crippen LogP contribution in [0.1, 0.15) is 5.69 Å². The first-order valence-electron chi connectivity index (χ1n) is 11.4. The van der Waals surface area contributed by atoms with Crippen molar-refractivity contribution < 1.29 is 18.8 Å². The van der Waals surface area contributed by atoms with Gasteiger partial charge in [-0.3, -0.25) is 0 Å².